The summed E-state index contributed by atoms with van der Waals surface area (Å²) in [7, 11) is 0. The zero-order valence-electron chi connectivity index (χ0n) is 11.0. The zero-order chi connectivity index (χ0) is 14.9. The summed E-state index contributed by atoms with van der Waals surface area (Å²) in [6.07, 6.45) is 0. The van der Waals surface area contributed by atoms with E-state index in [0.717, 1.165) is 11.1 Å². The van der Waals surface area contributed by atoms with Gasteiger partial charge in [0.15, 0.2) is 0 Å². The third-order valence-corrected chi connectivity index (χ3v) is 3.55. The lowest BCUT2D eigenvalue weighted by Crippen LogP contribution is -2.04. The molecular formula is C15H13BrFNO2. The molecule has 0 aliphatic carbocycles. The molecule has 2 N–H and O–H groups in total. The van der Waals surface area contributed by atoms with E-state index in [1.54, 1.807) is 24.3 Å². The first-order valence-electron chi connectivity index (χ1n) is 5.95. The van der Waals surface area contributed by atoms with Crippen molar-refractivity contribution in [3.8, 4) is 0 Å². The first-order valence-corrected chi connectivity index (χ1v) is 6.74. The molecule has 0 fully saturated rings. The normalized spacial score (nSPS) is 10.4. The number of aromatic carboxylic acids is 1. The van der Waals surface area contributed by atoms with Crippen LogP contribution in [0.25, 0.3) is 0 Å². The van der Waals surface area contributed by atoms with Gasteiger partial charge >= 0.3 is 5.97 Å². The number of carboxylic acids is 1. The number of carboxylic acid groups (broad SMARTS) is 1. The van der Waals surface area contributed by atoms with Crippen LogP contribution in [0.4, 0.5) is 15.8 Å². The van der Waals surface area contributed by atoms with Crippen LogP contribution < -0.4 is 5.32 Å². The van der Waals surface area contributed by atoms with Crippen LogP contribution in [-0.4, -0.2) is 11.1 Å². The molecule has 2 rings (SSSR count). The molecule has 104 valence electrons. The molecule has 0 aromatic heterocycles. The van der Waals surface area contributed by atoms with Crippen molar-refractivity contribution in [1.82, 2.24) is 0 Å². The van der Waals surface area contributed by atoms with Crippen LogP contribution in [-0.2, 0) is 0 Å². The quantitative estimate of drug-likeness (QED) is 0.857. The Labute approximate surface area is 124 Å². The number of aryl methyl sites for hydroxylation is 2. The molecule has 0 spiro atoms. The molecule has 0 amide bonds. The average molecular weight is 338 g/mol. The summed E-state index contributed by atoms with van der Waals surface area (Å²) in [6.45, 7) is 3.64. The molecule has 2 aromatic carbocycles. The van der Waals surface area contributed by atoms with E-state index in [-0.39, 0.29) is 5.56 Å². The fourth-order valence-electron chi connectivity index (χ4n) is 1.87. The third kappa shape index (κ3) is 2.99. The van der Waals surface area contributed by atoms with Gasteiger partial charge in [0.2, 0.25) is 0 Å². The van der Waals surface area contributed by atoms with Crippen LogP contribution >= 0.6 is 15.9 Å². The van der Waals surface area contributed by atoms with Gasteiger partial charge in [-0.25, -0.2) is 9.18 Å². The standard InChI is InChI=1S/C15H13BrFNO2/c1-8-3-4-13(10(5-8)15(19)20)18-14-7-12(17)11(16)6-9(14)2/h3-7,18H,1-2H3,(H,19,20). The SMILES string of the molecule is Cc1ccc(Nc2cc(F)c(Br)cc2C)c(C(=O)O)c1. The Morgan fingerprint density at radius 1 is 1.20 bits per heavy atom. The Hall–Kier alpha value is -1.88. The molecule has 0 saturated heterocycles. The molecule has 20 heavy (non-hydrogen) atoms. The first-order chi connectivity index (χ1) is 9.38. The molecule has 0 bridgehead atoms. The summed E-state index contributed by atoms with van der Waals surface area (Å²) in [6, 6.07) is 8.05. The molecule has 0 radical (unpaired) electrons. The Bertz CT molecular complexity index is 686. The summed E-state index contributed by atoms with van der Waals surface area (Å²) in [5.41, 5.74) is 2.81. The minimum atomic E-state index is -1.02. The highest BCUT2D eigenvalue weighted by atomic mass is 79.9. The maximum atomic E-state index is 13.6. The van der Waals surface area contributed by atoms with Crippen molar-refractivity contribution in [3.05, 3.63) is 57.3 Å². The van der Waals surface area contributed by atoms with Crippen molar-refractivity contribution in [3.63, 3.8) is 0 Å². The van der Waals surface area contributed by atoms with E-state index in [0.29, 0.717) is 15.8 Å². The smallest absolute Gasteiger partial charge is 0.337 e. The maximum Gasteiger partial charge on any atom is 0.337 e. The van der Waals surface area contributed by atoms with Crippen LogP contribution in [0.2, 0.25) is 0 Å². The van der Waals surface area contributed by atoms with E-state index in [1.165, 1.54) is 6.07 Å². The van der Waals surface area contributed by atoms with Crippen molar-refractivity contribution < 1.29 is 14.3 Å². The number of nitrogens with one attached hydrogen (secondary N) is 1. The largest absolute Gasteiger partial charge is 0.478 e. The molecule has 0 unspecified atom stereocenters. The fourth-order valence-corrected chi connectivity index (χ4v) is 2.33. The van der Waals surface area contributed by atoms with Gasteiger partial charge in [-0.1, -0.05) is 11.6 Å². The minimum Gasteiger partial charge on any atom is -0.478 e. The molecule has 5 heteroatoms. The van der Waals surface area contributed by atoms with Gasteiger partial charge in [-0.05, 0) is 59.6 Å². The van der Waals surface area contributed by atoms with Gasteiger partial charge in [0.1, 0.15) is 5.82 Å². The predicted molar refractivity (Wildman–Crippen MR) is 80.3 cm³/mol. The summed E-state index contributed by atoms with van der Waals surface area (Å²) in [5, 5.41) is 12.2. The summed E-state index contributed by atoms with van der Waals surface area (Å²) >= 11 is 3.12. The molecular weight excluding hydrogens is 325 g/mol. The third-order valence-electron chi connectivity index (χ3n) is 2.94. The second-order valence-electron chi connectivity index (χ2n) is 4.56. The Balaban J connectivity index is 2.45. The maximum absolute atomic E-state index is 13.6. The predicted octanol–water partition coefficient (Wildman–Crippen LogP) is 4.65. The lowest BCUT2D eigenvalue weighted by molar-refractivity contribution is 0.0698. The molecule has 0 saturated carbocycles. The Morgan fingerprint density at radius 3 is 2.55 bits per heavy atom. The highest BCUT2D eigenvalue weighted by molar-refractivity contribution is 9.10. The number of hydrogen-bond acceptors (Lipinski definition) is 2. The lowest BCUT2D eigenvalue weighted by Gasteiger charge is -2.13. The first kappa shape index (κ1) is 14.5. The highest BCUT2D eigenvalue weighted by Crippen LogP contribution is 2.28. The van der Waals surface area contributed by atoms with Gasteiger partial charge < -0.3 is 10.4 Å². The number of halogens is 2. The van der Waals surface area contributed by atoms with Gasteiger partial charge in [0.05, 0.1) is 15.7 Å². The van der Waals surface area contributed by atoms with Crippen molar-refractivity contribution in [2.45, 2.75) is 13.8 Å². The topological polar surface area (TPSA) is 49.3 Å². The van der Waals surface area contributed by atoms with Crippen LogP contribution in [0.1, 0.15) is 21.5 Å². The van der Waals surface area contributed by atoms with Gasteiger partial charge in [-0.2, -0.15) is 0 Å². The van der Waals surface area contributed by atoms with Crippen molar-refractivity contribution in [2.24, 2.45) is 0 Å². The molecule has 0 heterocycles. The van der Waals surface area contributed by atoms with E-state index in [9.17, 15) is 14.3 Å². The molecule has 3 nitrogen and oxygen atoms in total. The Morgan fingerprint density at radius 2 is 1.90 bits per heavy atom. The minimum absolute atomic E-state index is 0.160. The van der Waals surface area contributed by atoms with Crippen molar-refractivity contribution in [2.75, 3.05) is 5.32 Å². The average Bonchev–Trinajstić information content (AvgIpc) is 2.37. The van der Waals surface area contributed by atoms with Crippen molar-refractivity contribution in [1.29, 1.82) is 0 Å². The van der Waals surface area contributed by atoms with Gasteiger partial charge in [-0.3, -0.25) is 0 Å². The molecule has 2 aromatic rings. The van der Waals surface area contributed by atoms with E-state index in [2.05, 4.69) is 21.2 Å². The number of rotatable bonds is 3. The van der Waals surface area contributed by atoms with Crippen LogP contribution in [0.15, 0.2) is 34.8 Å². The monoisotopic (exact) mass is 337 g/mol. The van der Waals surface area contributed by atoms with Crippen LogP contribution in [0.3, 0.4) is 0 Å². The molecule has 0 aliphatic rings. The molecule has 0 atom stereocenters. The van der Waals surface area contributed by atoms with E-state index >= 15 is 0 Å². The summed E-state index contributed by atoms with van der Waals surface area (Å²) in [4.78, 5) is 11.2. The highest BCUT2D eigenvalue weighted by Gasteiger charge is 2.12. The lowest BCUT2D eigenvalue weighted by atomic mass is 10.1. The van der Waals surface area contributed by atoms with E-state index in [4.69, 9.17) is 0 Å². The molecule has 0 aliphatic heterocycles. The van der Waals surface area contributed by atoms with Crippen molar-refractivity contribution >= 4 is 33.3 Å². The van der Waals surface area contributed by atoms with E-state index < -0.39 is 11.8 Å². The van der Waals surface area contributed by atoms with Crippen LogP contribution in [0.5, 0.6) is 0 Å². The van der Waals surface area contributed by atoms with Gasteiger partial charge in [-0.15, -0.1) is 0 Å². The van der Waals surface area contributed by atoms with Crippen LogP contribution in [0, 0.1) is 19.7 Å². The second kappa shape index (κ2) is 5.63. The van der Waals surface area contributed by atoms with Gasteiger partial charge in [0, 0.05) is 5.69 Å². The second-order valence-corrected chi connectivity index (χ2v) is 5.41. The Kier molecular flexibility index (Phi) is 4.09. The summed E-state index contributed by atoms with van der Waals surface area (Å²) < 4.78 is 14.0. The zero-order valence-corrected chi connectivity index (χ0v) is 12.6. The number of carbonyl (C=O) groups is 1. The number of anilines is 2. The van der Waals surface area contributed by atoms with Gasteiger partial charge in [0.25, 0.3) is 0 Å². The number of benzene rings is 2. The summed E-state index contributed by atoms with van der Waals surface area (Å²) in [5.74, 6) is -1.42. The number of hydrogen-bond donors (Lipinski definition) is 2. The fraction of sp³-hybridized carbons (Fsp3) is 0.133. The van der Waals surface area contributed by atoms with E-state index in [1.807, 2.05) is 13.8 Å².